The summed E-state index contributed by atoms with van der Waals surface area (Å²) in [5.74, 6) is 0. The summed E-state index contributed by atoms with van der Waals surface area (Å²) in [7, 11) is 0. The Morgan fingerprint density at radius 1 is 0.842 bits per heavy atom. The second-order valence-electron chi connectivity index (χ2n) is 3.82. The molecule has 0 N–H and O–H groups in total. The second-order valence-corrected chi connectivity index (χ2v) is 5.39. The van der Waals surface area contributed by atoms with Crippen molar-refractivity contribution in [1.82, 2.24) is 0 Å². The van der Waals surface area contributed by atoms with Crippen LogP contribution in [0.4, 0.5) is 0 Å². The molecular formula is C14H7Cl4N. The minimum Gasteiger partial charge on any atom is -0.198 e. The van der Waals surface area contributed by atoms with Gasteiger partial charge in [0.25, 0.3) is 0 Å². The first kappa shape index (κ1) is 14.5. The fourth-order valence-corrected chi connectivity index (χ4v) is 2.68. The van der Waals surface area contributed by atoms with Gasteiger partial charge in [-0.2, -0.15) is 5.26 Å². The quantitative estimate of drug-likeness (QED) is 0.616. The summed E-state index contributed by atoms with van der Waals surface area (Å²) in [5, 5.41) is 10.5. The molecule has 0 heterocycles. The predicted molar refractivity (Wildman–Crippen MR) is 81.2 cm³/mol. The first-order valence-electron chi connectivity index (χ1n) is 5.34. The number of benzene rings is 2. The van der Waals surface area contributed by atoms with E-state index in [0.29, 0.717) is 25.7 Å². The summed E-state index contributed by atoms with van der Waals surface area (Å²) in [5.41, 5.74) is 2.23. The molecule has 0 radical (unpaired) electrons. The maximum atomic E-state index is 8.89. The average molecular weight is 331 g/mol. The lowest BCUT2D eigenvalue weighted by Crippen LogP contribution is -1.91. The van der Waals surface area contributed by atoms with Crippen molar-refractivity contribution in [2.24, 2.45) is 0 Å². The van der Waals surface area contributed by atoms with Gasteiger partial charge in [-0.25, -0.2) is 0 Å². The number of nitriles is 1. The molecule has 0 aliphatic carbocycles. The Balaban J connectivity index is 2.70. The Hall–Kier alpha value is -0.910. The van der Waals surface area contributed by atoms with Crippen LogP contribution in [0.2, 0.25) is 20.1 Å². The van der Waals surface area contributed by atoms with E-state index in [0.717, 1.165) is 11.1 Å². The smallest absolute Gasteiger partial charge is 0.0784 e. The van der Waals surface area contributed by atoms with E-state index in [9.17, 15) is 0 Å². The van der Waals surface area contributed by atoms with Crippen molar-refractivity contribution < 1.29 is 0 Å². The number of rotatable bonds is 2. The highest BCUT2D eigenvalue weighted by Gasteiger charge is 2.15. The van der Waals surface area contributed by atoms with Crippen molar-refractivity contribution in [2.45, 2.75) is 6.42 Å². The molecule has 0 unspecified atom stereocenters. The lowest BCUT2D eigenvalue weighted by atomic mass is 9.98. The highest BCUT2D eigenvalue weighted by molar-refractivity contribution is 6.49. The molecule has 2 aromatic rings. The van der Waals surface area contributed by atoms with Gasteiger partial charge < -0.3 is 0 Å². The van der Waals surface area contributed by atoms with Crippen molar-refractivity contribution in [1.29, 1.82) is 5.26 Å². The van der Waals surface area contributed by atoms with Crippen molar-refractivity contribution >= 4 is 46.4 Å². The van der Waals surface area contributed by atoms with Crippen molar-refractivity contribution in [3.05, 3.63) is 56.0 Å². The van der Waals surface area contributed by atoms with E-state index in [1.807, 2.05) is 6.07 Å². The fraction of sp³-hybridized carbons (Fsp3) is 0.0714. The van der Waals surface area contributed by atoms with Crippen molar-refractivity contribution in [3.8, 4) is 17.2 Å². The van der Waals surface area contributed by atoms with E-state index in [-0.39, 0.29) is 6.42 Å². The third kappa shape index (κ3) is 2.83. The Kier molecular flexibility index (Phi) is 4.60. The Labute approximate surface area is 131 Å². The van der Waals surface area contributed by atoms with Crippen LogP contribution in [-0.4, -0.2) is 0 Å². The molecule has 96 valence electrons. The molecule has 0 aliphatic heterocycles. The molecule has 0 atom stereocenters. The van der Waals surface area contributed by atoms with E-state index in [2.05, 4.69) is 6.07 Å². The zero-order chi connectivity index (χ0) is 14.0. The highest BCUT2D eigenvalue weighted by Crippen LogP contribution is 2.40. The summed E-state index contributed by atoms with van der Waals surface area (Å²) >= 11 is 24.3. The topological polar surface area (TPSA) is 23.8 Å². The molecule has 0 amide bonds. The number of halogens is 4. The third-order valence-corrected chi connectivity index (χ3v) is 4.35. The van der Waals surface area contributed by atoms with Crippen LogP contribution in [0.5, 0.6) is 0 Å². The van der Waals surface area contributed by atoms with E-state index >= 15 is 0 Å². The zero-order valence-corrected chi connectivity index (χ0v) is 12.6. The summed E-state index contributed by atoms with van der Waals surface area (Å²) in [4.78, 5) is 0. The van der Waals surface area contributed by atoms with Crippen LogP contribution >= 0.6 is 46.4 Å². The van der Waals surface area contributed by atoms with Gasteiger partial charge in [0, 0.05) is 10.6 Å². The van der Waals surface area contributed by atoms with Gasteiger partial charge in [0.2, 0.25) is 0 Å². The first-order chi connectivity index (χ1) is 9.06. The predicted octanol–water partition coefficient (Wildman–Crippen LogP) is 6.03. The monoisotopic (exact) mass is 329 g/mol. The van der Waals surface area contributed by atoms with Crippen LogP contribution in [0.25, 0.3) is 11.1 Å². The van der Waals surface area contributed by atoms with Crippen LogP contribution < -0.4 is 0 Å². The Bertz CT molecular complexity index is 674. The second kappa shape index (κ2) is 6.03. The largest absolute Gasteiger partial charge is 0.198 e. The van der Waals surface area contributed by atoms with Gasteiger partial charge in [-0.05, 0) is 23.3 Å². The maximum Gasteiger partial charge on any atom is 0.0784 e. The molecule has 0 aromatic heterocycles. The van der Waals surface area contributed by atoms with Gasteiger partial charge in [-0.3, -0.25) is 0 Å². The Morgan fingerprint density at radius 2 is 1.58 bits per heavy atom. The summed E-state index contributed by atoms with van der Waals surface area (Å²) in [6.45, 7) is 0. The number of hydrogen-bond acceptors (Lipinski definition) is 1. The normalized spacial score (nSPS) is 10.3. The van der Waals surface area contributed by atoms with Crippen LogP contribution in [0.3, 0.4) is 0 Å². The first-order valence-corrected chi connectivity index (χ1v) is 6.85. The van der Waals surface area contributed by atoms with E-state index in [1.54, 1.807) is 24.3 Å². The standard InChI is InChI=1S/C14H7Cl4N/c15-11-3-1-2-8(9(11)6-7-19)10-4-5-12(16)14(18)13(10)17/h1-5H,6H2. The van der Waals surface area contributed by atoms with E-state index in [4.69, 9.17) is 51.7 Å². The molecule has 0 saturated heterocycles. The highest BCUT2D eigenvalue weighted by atomic mass is 35.5. The molecule has 2 rings (SSSR count). The summed E-state index contributed by atoms with van der Waals surface area (Å²) < 4.78 is 0. The molecular weight excluding hydrogens is 324 g/mol. The van der Waals surface area contributed by atoms with Gasteiger partial charge in [-0.15, -0.1) is 0 Å². The van der Waals surface area contributed by atoms with Gasteiger partial charge in [0.05, 0.1) is 27.6 Å². The van der Waals surface area contributed by atoms with Gasteiger partial charge >= 0.3 is 0 Å². The molecule has 1 nitrogen and oxygen atoms in total. The summed E-state index contributed by atoms with van der Waals surface area (Å²) in [6, 6.07) is 10.9. The fourth-order valence-electron chi connectivity index (χ4n) is 1.80. The number of hydrogen-bond donors (Lipinski definition) is 0. The van der Waals surface area contributed by atoms with E-state index < -0.39 is 0 Å². The summed E-state index contributed by atoms with van der Waals surface area (Å²) in [6.07, 6.45) is 0.200. The van der Waals surface area contributed by atoms with E-state index in [1.165, 1.54) is 0 Å². The maximum absolute atomic E-state index is 8.89. The third-order valence-electron chi connectivity index (χ3n) is 2.70. The van der Waals surface area contributed by atoms with Gasteiger partial charge in [0.1, 0.15) is 0 Å². The van der Waals surface area contributed by atoms with Crippen LogP contribution in [0.15, 0.2) is 30.3 Å². The molecule has 5 heteroatoms. The SMILES string of the molecule is N#CCc1c(Cl)cccc1-c1ccc(Cl)c(Cl)c1Cl. The minimum absolute atomic E-state index is 0.200. The molecule has 0 spiro atoms. The van der Waals surface area contributed by atoms with Crippen LogP contribution in [-0.2, 0) is 6.42 Å². The lowest BCUT2D eigenvalue weighted by molar-refractivity contribution is 1.26. The minimum atomic E-state index is 0.200. The van der Waals surface area contributed by atoms with Crippen LogP contribution in [0.1, 0.15) is 5.56 Å². The molecule has 2 aromatic carbocycles. The molecule has 0 aliphatic rings. The Morgan fingerprint density at radius 3 is 2.26 bits per heavy atom. The molecule has 0 bridgehead atoms. The van der Waals surface area contributed by atoms with Crippen molar-refractivity contribution in [3.63, 3.8) is 0 Å². The molecule has 0 saturated carbocycles. The van der Waals surface area contributed by atoms with Crippen molar-refractivity contribution in [2.75, 3.05) is 0 Å². The average Bonchev–Trinajstić information content (AvgIpc) is 2.39. The number of nitrogens with zero attached hydrogens (tertiary/aromatic N) is 1. The molecule has 19 heavy (non-hydrogen) atoms. The van der Waals surface area contributed by atoms with Gasteiger partial charge in [-0.1, -0.05) is 64.6 Å². The molecule has 0 fully saturated rings. The lowest BCUT2D eigenvalue weighted by Gasteiger charge is -2.12. The zero-order valence-electron chi connectivity index (χ0n) is 9.55. The van der Waals surface area contributed by atoms with Crippen LogP contribution in [0, 0.1) is 11.3 Å². The van der Waals surface area contributed by atoms with Gasteiger partial charge in [0.15, 0.2) is 0 Å².